The van der Waals surface area contributed by atoms with E-state index < -0.39 is 29.9 Å². The number of aryl methyl sites for hydroxylation is 1. The summed E-state index contributed by atoms with van der Waals surface area (Å²) in [6.45, 7) is -0.0761. The minimum Gasteiger partial charge on any atom is -0.508 e. The molecule has 0 aliphatic carbocycles. The van der Waals surface area contributed by atoms with Crippen molar-refractivity contribution in [2.45, 2.75) is 44.2 Å². The highest BCUT2D eigenvalue weighted by atomic mass is 35.5. The van der Waals surface area contributed by atoms with Gasteiger partial charge in [-0.05, 0) is 47.4 Å². The number of alkyl halides is 3. The number of fused-ring (bicyclic) bond motifs is 1. The molecule has 9 nitrogen and oxygen atoms in total. The third-order valence-electron chi connectivity index (χ3n) is 8.37. The second kappa shape index (κ2) is 13.2. The van der Waals surface area contributed by atoms with Crippen molar-refractivity contribution in [3.05, 3.63) is 94.0 Å². The predicted octanol–water partition coefficient (Wildman–Crippen LogP) is 4.56. The Morgan fingerprint density at radius 3 is 2.35 bits per heavy atom. The van der Waals surface area contributed by atoms with Gasteiger partial charge in [0.05, 0.1) is 29.4 Å². The molecule has 1 N–H and O–H groups in total. The maximum absolute atomic E-state index is 14.2. The van der Waals surface area contributed by atoms with Crippen LogP contribution in [0, 0.1) is 0 Å². The van der Waals surface area contributed by atoms with E-state index >= 15 is 0 Å². The normalized spacial score (nSPS) is 19.0. The van der Waals surface area contributed by atoms with Crippen molar-refractivity contribution in [3.8, 4) is 5.75 Å². The number of amides is 3. The quantitative estimate of drug-likeness (QED) is 0.382. The SMILES string of the molecule is CN(C)c1c(Cl)cccc1CN1CC2N(C(=O)CN(C)N2C(=O)CCc2ccccc2C(F)(F)F)[C@@H](Cc2ccc(O)cc2)C1=O. The molecule has 0 bridgehead atoms. The van der Waals surface area contributed by atoms with Gasteiger partial charge in [-0.15, -0.1) is 0 Å². The molecule has 244 valence electrons. The first-order valence-corrected chi connectivity index (χ1v) is 15.1. The van der Waals surface area contributed by atoms with Crippen molar-refractivity contribution in [2.75, 3.05) is 39.1 Å². The zero-order valence-electron chi connectivity index (χ0n) is 25.7. The Morgan fingerprint density at radius 2 is 1.67 bits per heavy atom. The summed E-state index contributed by atoms with van der Waals surface area (Å²) in [5.74, 6) is -1.10. The predicted molar refractivity (Wildman–Crippen MR) is 167 cm³/mol. The van der Waals surface area contributed by atoms with Crippen LogP contribution in [0.3, 0.4) is 0 Å². The van der Waals surface area contributed by atoms with Gasteiger partial charge in [-0.25, -0.2) is 5.01 Å². The standard InChI is InChI=1S/C33H35ClF3N5O4/c1-38(2)31-23(8-6-10-26(31)34)18-40-19-28-41(27(32(40)46)17-21-11-14-24(43)15-12-21)30(45)20-39(3)42(28)29(44)16-13-22-7-4-5-9-25(22)33(35,36)37/h4-12,14-15,27-28,43H,13,16-20H2,1-3H3/t27-,28?/m0/s1. The fourth-order valence-corrected chi connectivity index (χ4v) is 6.70. The zero-order chi connectivity index (χ0) is 33.3. The van der Waals surface area contributed by atoms with Gasteiger partial charge < -0.3 is 19.8 Å². The minimum absolute atomic E-state index is 0.00114. The molecule has 3 amide bonds. The first-order chi connectivity index (χ1) is 21.8. The maximum atomic E-state index is 14.2. The van der Waals surface area contributed by atoms with Gasteiger partial charge in [0, 0.05) is 40.5 Å². The van der Waals surface area contributed by atoms with Crippen LogP contribution in [0.1, 0.15) is 28.7 Å². The summed E-state index contributed by atoms with van der Waals surface area (Å²) in [5.41, 5.74) is 1.39. The van der Waals surface area contributed by atoms with Crippen molar-refractivity contribution in [3.63, 3.8) is 0 Å². The van der Waals surface area contributed by atoms with Crippen molar-refractivity contribution in [1.29, 1.82) is 0 Å². The number of hydrogen-bond donors (Lipinski definition) is 1. The number of carbonyl (C=O) groups excluding carboxylic acids is 3. The van der Waals surface area contributed by atoms with Crippen LogP contribution in [0.15, 0.2) is 66.7 Å². The van der Waals surface area contributed by atoms with Crippen LogP contribution in [0.4, 0.5) is 18.9 Å². The van der Waals surface area contributed by atoms with Gasteiger partial charge in [-0.2, -0.15) is 13.2 Å². The molecule has 3 aromatic carbocycles. The van der Waals surface area contributed by atoms with Gasteiger partial charge in [0.15, 0.2) is 0 Å². The number of piperazine rings is 1. The van der Waals surface area contributed by atoms with Crippen LogP contribution in [0.2, 0.25) is 5.02 Å². The first kappa shape index (κ1) is 33.1. The van der Waals surface area contributed by atoms with Gasteiger partial charge in [0.25, 0.3) is 0 Å². The topological polar surface area (TPSA) is 87.6 Å². The molecule has 2 fully saturated rings. The molecule has 1 unspecified atom stereocenters. The molecule has 0 saturated carbocycles. The largest absolute Gasteiger partial charge is 0.508 e. The minimum atomic E-state index is -4.57. The molecule has 13 heteroatoms. The van der Waals surface area contributed by atoms with E-state index in [0.29, 0.717) is 10.6 Å². The third-order valence-corrected chi connectivity index (χ3v) is 8.68. The highest BCUT2D eigenvalue weighted by Crippen LogP contribution is 2.35. The molecule has 5 rings (SSSR count). The second-order valence-electron chi connectivity index (χ2n) is 11.7. The van der Waals surface area contributed by atoms with Gasteiger partial charge in [0.2, 0.25) is 17.7 Å². The number of aromatic hydroxyl groups is 1. The molecule has 3 aromatic rings. The molecule has 0 radical (unpaired) electrons. The molecule has 2 heterocycles. The fraction of sp³-hybridized carbons (Fsp3) is 0.364. The average molecular weight is 658 g/mol. The van der Waals surface area contributed by atoms with Crippen LogP contribution in [0.5, 0.6) is 5.75 Å². The molecule has 2 aliphatic heterocycles. The van der Waals surface area contributed by atoms with Gasteiger partial charge in [-0.3, -0.25) is 19.4 Å². The Balaban J connectivity index is 1.49. The lowest BCUT2D eigenvalue weighted by Crippen LogP contribution is -2.75. The summed E-state index contributed by atoms with van der Waals surface area (Å²) in [5, 5.41) is 13.2. The summed E-state index contributed by atoms with van der Waals surface area (Å²) in [4.78, 5) is 46.5. The lowest BCUT2D eigenvalue weighted by molar-refractivity contribution is -0.202. The zero-order valence-corrected chi connectivity index (χ0v) is 26.4. The molecule has 0 spiro atoms. The van der Waals surface area contributed by atoms with Gasteiger partial charge >= 0.3 is 6.18 Å². The summed E-state index contributed by atoms with van der Waals surface area (Å²) in [7, 11) is 5.25. The summed E-state index contributed by atoms with van der Waals surface area (Å²) in [6.07, 6.45) is -5.75. The van der Waals surface area contributed by atoms with Crippen molar-refractivity contribution in [2.24, 2.45) is 0 Å². The Bertz CT molecular complexity index is 1620. The maximum Gasteiger partial charge on any atom is 0.416 e. The van der Waals surface area contributed by atoms with E-state index in [-0.39, 0.29) is 62.0 Å². The highest BCUT2D eigenvalue weighted by Gasteiger charge is 2.50. The Labute approximate surface area is 270 Å². The van der Waals surface area contributed by atoms with Crippen molar-refractivity contribution in [1.82, 2.24) is 19.8 Å². The number of para-hydroxylation sites is 1. The Hall–Kier alpha value is -4.29. The van der Waals surface area contributed by atoms with E-state index in [1.807, 2.05) is 25.1 Å². The van der Waals surface area contributed by atoms with E-state index in [1.165, 1.54) is 45.2 Å². The molecule has 0 aromatic heterocycles. The first-order valence-electron chi connectivity index (χ1n) is 14.8. The molecular weight excluding hydrogens is 623 g/mol. The van der Waals surface area contributed by atoms with Crippen LogP contribution in [-0.4, -0.2) is 89.1 Å². The summed E-state index contributed by atoms with van der Waals surface area (Å²) >= 11 is 6.52. The van der Waals surface area contributed by atoms with Crippen molar-refractivity contribution < 1.29 is 32.7 Å². The van der Waals surface area contributed by atoms with Crippen molar-refractivity contribution >= 4 is 35.0 Å². The van der Waals surface area contributed by atoms with Crippen LogP contribution >= 0.6 is 11.6 Å². The Morgan fingerprint density at radius 1 is 1.00 bits per heavy atom. The summed E-state index contributed by atoms with van der Waals surface area (Å²) < 4.78 is 40.9. The van der Waals surface area contributed by atoms with E-state index in [2.05, 4.69) is 0 Å². The van der Waals surface area contributed by atoms with E-state index in [1.54, 1.807) is 36.2 Å². The van der Waals surface area contributed by atoms with E-state index in [4.69, 9.17) is 11.6 Å². The fourth-order valence-electron chi connectivity index (χ4n) is 6.33. The number of carbonyl (C=O) groups is 3. The number of benzene rings is 3. The van der Waals surface area contributed by atoms with Gasteiger partial charge in [-0.1, -0.05) is 54.1 Å². The lowest BCUT2D eigenvalue weighted by atomic mass is 9.97. The highest BCUT2D eigenvalue weighted by molar-refractivity contribution is 6.33. The van der Waals surface area contributed by atoms with Crippen LogP contribution in [0.25, 0.3) is 0 Å². The van der Waals surface area contributed by atoms with Gasteiger partial charge in [0.1, 0.15) is 18.0 Å². The number of nitrogens with zero attached hydrogens (tertiary/aromatic N) is 5. The molecule has 2 atom stereocenters. The van der Waals surface area contributed by atoms with Crippen LogP contribution in [-0.2, 0) is 39.9 Å². The second-order valence-corrected chi connectivity index (χ2v) is 12.1. The number of halogens is 4. The number of anilines is 1. The number of hydrazine groups is 1. The third kappa shape index (κ3) is 6.78. The molecular formula is C33H35ClF3N5O4. The monoisotopic (exact) mass is 657 g/mol. The Kier molecular flexibility index (Phi) is 9.50. The lowest BCUT2D eigenvalue weighted by Gasteiger charge is -2.54. The molecule has 2 saturated heterocycles. The number of rotatable bonds is 8. The summed E-state index contributed by atoms with van der Waals surface area (Å²) in [6, 6.07) is 15.9. The van der Waals surface area contributed by atoms with E-state index in [0.717, 1.165) is 17.3 Å². The van der Waals surface area contributed by atoms with Crippen LogP contribution < -0.4 is 4.90 Å². The molecule has 46 heavy (non-hydrogen) atoms. The number of phenols is 1. The smallest absolute Gasteiger partial charge is 0.416 e. The van der Waals surface area contributed by atoms with E-state index in [9.17, 15) is 32.7 Å². The number of phenolic OH excluding ortho intramolecular Hbond substituents is 1. The number of hydrogen-bond acceptors (Lipinski definition) is 6. The molecule has 2 aliphatic rings. The average Bonchev–Trinajstić information content (AvgIpc) is 2.98. The number of likely N-dealkylation sites (N-methyl/N-ethyl adjacent to an activating group) is 1.